The van der Waals surface area contributed by atoms with Crippen molar-refractivity contribution in [1.82, 2.24) is 19.8 Å². The van der Waals surface area contributed by atoms with Crippen molar-refractivity contribution in [2.45, 2.75) is 18.5 Å². The van der Waals surface area contributed by atoms with Gasteiger partial charge in [0.25, 0.3) is 5.69 Å². The summed E-state index contributed by atoms with van der Waals surface area (Å²) in [6, 6.07) is 21.0. The number of anilines is 1. The van der Waals surface area contributed by atoms with E-state index in [1.807, 2.05) is 46.0 Å². The first kappa shape index (κ1) is 25.0. The van der Waals surface area contributed by atoms with E-state index in [-0.39, 0.29) is 42.3 Å². The number of hydrogen-bond acceptors (Lipinski definition) is 5. The van der Waals surface area contributed by atoms with Crippen LogP contribution in [0.25, 0.3) is 5.69 Å². The van der Waals surface area contributed by atoms with Crippen LogP contribution in [-0.2, 0) is 4.79 Å². The van der Waals surface area contributed by atoms with Crippen LogP contribution in [0.3, 0.4) is 0 Å². The molecule has 1 fully saturated rings. The number of halogens is 1. The predicted molar refractivity (Wildman–Crippen MR) is 144 cm³/mol. The molecule has 1 amide bonds. The molecule has 4 aromatic rings. The maximum absolute atomic E-state index is 14.0. The number of carbonyl (C=O) groups is 1. The molecule has 0 radical (unpaired) electrons. The van der Waals surface area contributed by atoms with Gasteiger partial charge in [0.1, 0.15) is 5.82 Å². The van der Waals surface area contributed by atoms with E-state index >= 15 is 0 Å². The second-order valence-electron chi connectivity index (χ2n) is 8.68. The van der Waals surface area contributed by atoms with Crippen LogP contribution in [0.2, 0.25) is 0 Å². The first-order valence-corrected chi connectivity index (χ1v) is 12.3. The maximum atomic E-state index is 14.0. The SMILES string of the molecule is O=C(CCN1C(=S)NC(c2ccccn2)C1c1cccn1-c1cccc([N+](=O)[O-])c1)Nc1ccccc1F. The molecule has 2 atom stereocenters. The maximum Gasteiger partial charge on any atom is 0.271 e. The Hall–Kier alpha value is -4.64. The number of nitro groups is 1. The Morgan fingerprint density at radius 2 is 1.92 bits per heavy atom. The van der Waals surface area contributed by atoms with Gasteiger partial charge in [-0.2, -0.15) is 0 Å². The number of hydrogen-bond donors (Lipinski definition) is 2. The number of benzene rings is 2. The number of rotatable bonds is 8. The molecule has 5 rings (SSSR count). The molecule has 0 aliphatic carbocycles. The number of non-ortho nitro benzene ring substituents is 1. The van der Waals surface area contributed by atoms with Crippen LogP contribution in [0.4, 0.5) is 15.8 Å². The first-order valence-electron chi connectivity index (χ1n) is 11.9. The van der Waals surface area contributed by atoms with Gasteiger partial charge in [-0.05, 0) is 54.7 Å². The standard InChI is InChI=1S/C27H23FN6O3S/c28-20-9-1-2-10-21(20)30-24(35)13-16-33-26(25(31-27(33)38)22-11-3-4-14-29-22)23-12-6-15-32(23)18-7-5-8-19(17-18)34(36)37/h1-12,14-15,17,25-26H,13,16H2,(H,30,35)(H,31,38). The van der Waals surface area contributed by atoms with E-state index in [9.17, 15) is 19.3 Å². The summed E-state index contributed by atoms with van der Waals surface area (Å²) in [5.74, 6) is -0.867. The summed E-state index contributed by atoms with van der Waals surface area (Å²) in [7, 11) is 0. The van der Waals surface area contributed by atoms with Gasteiger partial charge in [0, 0.05) is 43.2 Å². The van der Waals surface area contributed by atoms with Gasteiger partial charge >= 0.3 is 0 Å². The summed E-state index contributed by atoms with van der Waals surface area (Å²) >= 11 is 5.68. The molecule has 1 aliphatic heterocycles. The van der Waals surface area contributed by atoms with Crippen molar-refractivity contribution < 1.29 is 14.1 Å². The number of carbonyl (C=O) groups excluding carboxylic acids is 1. The minimum absolute atomic E-state index is 0.0230. The smallest absolute Gasteiger partial charge is 0.271 e. The molecule has 0 saturated carbocycles. The fraction of sp³-hybridized carbons (Fsp3) is 0.148. The van der Waals surface area contributed by atoms with E-state index in [2.05, 4.69) is 15.6 Å². The average molecular weight is 531 g/mol. The number of para-hydroxylation sites is 1. The topological polar surface area (TPSA) is 105 Å². The molecule has 2 aromatic carbocycles. The fourth-order valence-electron chi connectivity index (χ4n) is 4.59. The average Bonchev–Trinajstić information content (AvgIpc) is 3.53. The van der Waals surface area contributed by atoms with Gasteiger partial charge in [-0.15, -0.1) is 0 Å². The van der Waals surface area contributed by atoms with Gasteiger partial charge in [-0.1, -0.05) is 24.3 Å². The number of amides is 1. The van der Waals surface area contributed by atoms with E-state index in [0.29, 0.717) is 10.8 Å². The van der Waals surface area contributed by atoms with Gasteiger partial charge in [-0.3, -0.25) is 19.9 Å². The van der Waals surface area contributed by atoms with Crippen LogP contribution in [0, 0.1) is 15.9 Å². The van der Waals surface area contributed by atoms with Crippen LogP contribution in [-0.4, -0.2) is 36.9 Å². The predicted octanol–water partition coefficient (Wildman–Crippen LogP) is 4.92. The summed E-state index contributed by atoms with van der Waals surface area (Å²) in [5.41, 5.74) is 2.27. The number of aromatic nitrogens is 2. The van der Waals surface area contributed by atoms with E-state index in [4.69, 9.17) is 12.2 Å². The Bertz CT molecular complexity index is 1490. The Balaban J connectivity index is 1.47. The normalized spacial score (nSPS) is 16.8. The van der Waals surface area contributed by atoms with Crippen LogP contribution in [0.15, 0.2) is 91.3 Å². The Morgan fingerprint density at radius 3 is 2.68 bits per heavy atom. The molecular weight excluding hydrogens is 507 g/mol. The monoisotopic (exact) mass is 530 g/mol. The molecule has 2 unspecified atom stereocenters. The third-order valence-electron chi connectivity index (χ3n) is 6.33. The molecular formula is C27H23FN6O3S. The number of pyridine rings is 1. The second-order valence-corrected chi connectivity index (χ2v) is 9.06. The molecule has 9 nitrogen and oxygen atoms in total. The highest BCUT2D eigenvalue weighted by Gasteiger charge is 2.41. The summed E-state index contributed by atoms with van der Waals surface area (Å²) in [6.45, 7) is 0.250. The summed E-state index contributed by atoms with van der Waals surface area (Å²) in [4.78, 5) is 30.1. The zero-order valence-electron chi connectivity index (χ0n) is 20.0. The summed E-state index contributed by atoms with van der Waals surface area (Å²) in [6.07, 6.45) is 3.58. The van der Waals surface area contributed by atoms with Crippen molar-refractivity contribution in [2.75, 3.05) is 11.9 Å². The Labute approximate surface area is 223 Å². The highest BCUT2D eigenvalue weighted by molar-refractivity contribution is 7.80. The van der Waals surface area contributed by atoms with Gasteiger partial charge in [0.2, 0.25) is 5.91 Å². The summed E-state index contributed by atoms with van der Waals surface area (Å²) in [5, 5.41) is 17.8. The third-order valence-corrected chi connectivity index (χ3v) is 6.68. The Morgan fingerprint density at radius 1 is 1.11 bits per heavy atom. The first-order chi connectivity index (χ1) is 18.4. The van der Waals surface area contributed by atoms with Crippen molar-refractivity contribution in [2.24, 2.45) is 0 Å². The van der Waals surface area contributed by atoms with Crippen LogP contribution in [0.5, 0.6) is 0 Å². The number of nitrogens with one attached hydrogen (secondary N) is 2. The molecule has 1 aliphatic rings. The zero-order valence-corrected chi connectivity index (χ0v) is 20.8. The third kappa shape index (κ3) is 5.09. The lowest BCUT2D eigenvalue weighted by molar-refractivity contribution is -0.384. The van der Waals surface area contributed by atoms with Crippen molar-refractivity contribution >= 4 is 34.6 Å². The molecule has 0 spiro atoms. The largest absolute Gasteiger partial charge is 0.352 e. The van der Waals surface area contributed by atoms with Gasteiger partial charge in [0.05, 0.1) is 34.1 Å². The molecule has 0 bridgehead atoms. The fourth-order valence-corrected chi connectivity index (χ4v) is 4.92. The highest BCUT2D eigenvalue weighted by Crippen LogP contribution is 2.39. The van der Waals surface area contributed by atoms with Gasteiger partial charge in [0.15, 0.2) is 5.11 Å². The number of nitrogens with zero attached hydrogens (tertiary/aromatic N) is 4. The van der Waals surface area contributed by atoms with E-state index in [1.54, 1.807) is 30.5 Å². The summed E-state index contributed by atoms with van der Waals surface area (Å²) < 4.78 is 15.9. The second kappa shape index (κ2) is 10.8. The molecule has 3 heterocycles. The zero-order chi connectivity index (χ0) is 26.6. The van der Waals surface area contributed by atoms with Crippen LogP contribution in [0.1, 0.15) is 29.9 Å². The molecule has 192 valence electrons. The lowest BCUT2D eigenvalue weighted by Gasteiger charge is -2.28. The molecule has 2 aromatic heterocycles. The van der Waals surface area contributed by atoms with Crippen molar-refractivity contribution in [3.8, 4) is 5.69 Å². The quantitative estimate of drug-likeness (QED) is 0.189. The van der Waals surface area contributed by atoms with Gasteiger partial charge in [-0.25, -0.2) is 4.39 Å². The van der Waals surface area contributed by atoms with Gasteiger partial charge < -0.3 is 20.1 Å². The van der Waals surface area contributed by atoms with Crippen LogP contribution >= 0.6 is 12.2 Å². The molecule has 38 heavy (non-hydrogen) atoms. The minimum Gasteiger partial charge on any atom is -0.352 e. The van der Waals surface area contributed by atoms with E-state index in [1.165, 1.54) is 24.3 Å². The highest BCUT2D eigenvalue weighted by atomic mass is 32.1. The molecule has 2 N–H and O–H groups in total. The number of thiocarbonyl (C=S) groups is 1. The van der Waals surface area contributed by atoms with Crippen molar-refractivity contribution in [3.63, 3.8) is 0 Å². The van der Waals surface area contributed by atoms with Crippen molar-refractivity contribution in [3.05, 3.63) is 119 Å². The molecule has 1 saturated heterocycles. The minimum atomic E-state index is -0.512. The van der Waals surface area contributed by atoms with Crippen molar-refractivity contribution in [1.29, 1.82) is 0 Å². The lowest BCUT2D eigenvalue weighted by atomic mass is 10.0. The van der Waals surface area contributed by atoms with Crippen LogP contribution < -0.4 is 10.6 Å². The lowest BCUT2D eigenvalue weighted by Crippen LogP contribution is -2.33. The molecule has 11 heteroatoms. The Kier molecular flexibility index (Phi) is 7.09. The number of nitro benzene ring substituents is 1. The van der Waals surface area contributed by atoms with E-state index in [0.717, 1.165) is 11.4 Å². The van der Waals surface area contributed by atoms with E-state index < -0.39 is 10.7 Å².